The summed E-state index contributed by atoms with van der Waals surface area (Å²) in [7, 11) is -0.985. The molecule has 0 bridgehead atoms. The van der Waals surface area contributed by atoms with Gasteiger partial charge in [-0.3, -0.25) is 4.21 Å². The molecule has 0 aliphatic heterocycles. The second-order valence-electron chi connectivity index (χ2n) is 5.70. The van der Waals surface area contributed by atoms with E-state index in [4.69, 9.17) is 21.1 Å². The van der Waals surface area contributed by atoms with Gasteiger partial charge in [0.05, 0.1) is 17.4 Å². The molecule has 1 unspecified atom stereocenters. The van der Waals surface area contributed by atoms with Crippen molar-refractivity contribution in [3.63, 3.8) is 0 Å². The highest BCUT2D eigenvalue weighted by molar-refractivity contribution is 7.85. The summed E-state index contributed by atoms with van der Waals surface area (Å²) in [5.74, 6) is 0.915. The van der Waals surface area contributed by atoms with E-state index in [-0.39, 0.29) is 12.6 Å². The van der Waals surface area contributed by atoms with Crippen molar-refractivity contribution in [2.45, 2.75) is 31.1 Å². The van der Waals surface area contributed by atoms with Crippen LogP contribution in [0.1, 0.15) is 25.3 Å². The van der Waals surface area contributed by atoms with E-state index in [1.54, 1.807) is 19.1 Å². The molecule has 0 spiro atoms. The van der Waals surface area contributed by atoms with E-state index >= 15 is 0 Å². The minimum absolute atomic E-state index is 0.0797. The number of halogens is 1. The Labute approximate surface area is 161 Å². The summed E-state index contributed by atoms with van der Waals surface area (Å²) in [5.41, 5.74) is 1.19. The average molecular weight is 395 g/mol. The first kappa shape index (κ1) is 20.5. The minimum atomic E-state index is -0.985. The van der Waals surface area contributed by atoms with E-state index < -0.39 is 10.8 Å². The Morgan fingerprint density at radius 2 is 1.73 bits per heavy atom. The van der Waals surface area contributed by atoms with Crippen LogP contribution in [-0.2, 0) is 26.8 Å². The highest BCUT2D eigenvalue weighted by atomic mass is 35.5. The van der Waals surface area contributed by atoms with E-state index in [0.717, 1.165) is 24.2 Å². The monoisotopic (exact) mass is 394 g/mol. The Bertz CT molecular complexity index is 714. The maximum atomic E-state index is 12.2. The number of carbonyl (C=O) groups is 1. The summed E-state index contributed by atoms with van der Waals surface area (Å²) in [5, 5.41) is 0.653. The van der Waals surface area contributed by atoms with Crippen LogP contribution in [0, 0.1) is 0 Å². The standard InChI is InChI=1S/C20H23ClO4S/c1-2-24-20(22)15-25-18-10-6-16(7-11-18)5-3-4-14-26(23)19-12-8-17(21)9-13-19/h6-13H,2-5,14-15H2,1H3. The van der Waals surface area contributed by atoms with Crippen molar-refractivity contribution in [2.24, 2.45) is 0 Å². The van der Waals surface area contributed by atoms with Crippen molar-refractivity contribution < 1.29 is 18.5 Å². The molecule has 4 nitrogen and oxygen atoms in total. The maximum Gasteiger partial charge on any atom is 0.344 e. The van der Waals surface area contributed by atoms with Crippen LogP contribution in [-0.4, -0.2) is 29.1 Å². The molecule has 140 valence electrons. The van der Waals surface area contributed by atoms with Crippen LogP contribution in [0.25, 0.3) is 0 Å². The third kappa shape index (κ3) is 7.18. The van der Waals surface area contributed by atoms with Crippen LogP contribution in [0.2, 0.25) is 5.02 Å². The Kier molecular flexibility index (Phi) is 8.65. The van der Waals surface area contributed by atoms with Gasteiger partial charge >= 0.3 is 5.97 Å². The minimum Gasteiger partial charge on any atom is -0.482 e. The number of carbonyl (C=O) groups excluding carboxylic acids is 1. The summed E-state index contributed by atoms with van der Waals surface area (Å²) in [6.07, 6.45) is 2.76. The van der Waals surface area contributed by atoms with E-state index in [9.17, 15) is 9.00 Å². The Balaban J connectivity index is 1.68. The van der Waals surface area contributed by atoms with Crippen molar-refractivity contribution in [1.82, 2.24) is 0 Å². The zero-order valence-corrected chi connectivity index (χ0v) is 16.4. The fourth-order valence-electron chi connectivity index (χ4n) is 2.36. The Hall–Kier alpha value is -1.85. The summed E-state index contributed by atoms with van der Waals surface area (Å²) < 4.78 is 22.4. The van der Waals surface area contributed by atoms with Crippen LogP contribution in [0.3, 0.4) is 0 Å². The molecule has 0 radical (unpaired) electrons. The maximum absolute atomic E-state index is 12.2. The van der Waals surface area contributed by atoms with Gasteiger partial charge in [0, 0.05) is 15.7 Å². The first-order chi connectivity index (χ1) is 12.6. The Morgan fingerprint density at radius 1 is 1.04 bits per heavy atom. The van der Waals surface area contributed by atoms with Crippen LogP contribution >= 0.6 is 11.6 Å². The topological polar surface area (TPSA) is 52.6 Å². The van der Waals surface area contributed by atoms with Crippen molar-refractivity contribution in [1.29, 1.82) is 0 Å². The van der Waals surface area contributed by atoms with E-state index in [0.29, 0.717) is 23.1 Å². The third-order valence-electron chi connectivity index (χ3n) is 3.71. The molecular formula is C20H23ClO4S. The number of benzene rings is 2. The average Bonchev–Trinajstić information content (AvgIpc) is 2.65. The van der Waals surface area contributed by atoms with Gasteiger partial charge in [-0.25, -0.2) is 4.79 Å². The zero-order chi connectivity index (χ0) is 18.8. The second-order valence-corrected chi connectivity index (χ2v) is 7.71. The van der Waals surface area contributed by atoms with Gasteiger partial charge in [-0.1, -0.05) is 23.7 Å². The molecule has 0 aromatic heterocycles. The van der Waals surface area contributed by atoms with Crippen LogP contribution in [0.4, 0.5) is 0 Å². The molecule has 0 fully saturated rings. The van der Waals surface area contributed by atoms with E-state index in [2.05, 4.69) is 0 Å². The number of unbranched alkanes of at least 4 members (excludes halogenated alkanes) is 1. The summed E-state index contributed by atoms with van der Waals surface area (Å²) >= 11 is 5.84. The molecule has 2 aromatic carbocycles. The number of rotatable bonds is 10. The van der Waals surface area contributed by atoms with Gasteiger partial charge in [0.2, 0.25) is 0 Å². The molecule has 2 rings (SSSR count). The molecule has 1 atom stereocenters. The van der Waals surface area contributed by atoms with Gasteiger partial charge in [-0.05, 0) is 68.1 Å². The number of hydrogen-bond donors (Lipinski definition) is 0. The van der Waals surface area contributed by atoms with Crippen molar-refractivity contribution in [3.8, 4) is 5.75 Å². The first-order valence-electron chi connectivity index (χ1n) is 8.60. The fourth-order valence-corrected chi connectivity index (χ4v) is 3.63. The van der Waals surface area contributed by atoms with Gasteiger partial charge in [0.15, 0.2) is 6.61 Å². The predicted octanol–water partition coefficient (Wildman–Crippen LogP) is 4.41. The smallest absolute Gasteiger partial charge is 0.344 e. The molecule has 0 aliphatic carbocycles. The molecule has 0 saturated carbocycles. The molecule has 0 saturated heterocycles. The number of esters is 1. The summed E-state index contributed by atoms with van der Waals surface area (Å²) in [6.45, 7) is 2.03. The van der Waals surface area contributed by atoms with E-state index in [1.807, 2.05) is 36.4 Å². The van der Waals surface area contributed by atoms with Crippen LogP contribution < -0.4 is 4.74 Å². The van der Waals surface area contributed by atoms with Crippen LogP contribution in [0.15, 0.2) is 53.4 Å². The van der Waals surface area contributed by atoms with Crippen molar-refractivity contribution in [3.05, 3.63) is 59.1 Å². The van der Waals surface area contributed by atoms with Crippen molar-refractivity contribution in [2.75, 3.05) is 19.0 Å². The van der Waals surface area contributed by atoms with Gasteiger partial charge in [0.25, 0.3) is 0 Å². The highest BCUT2D eigenvalue weighted by Gasteiger charge is 2.05. The third-order valence-corrected chi connectivity index (χ3v) is 5.42. The molecule has 0 amide bonds. The molecular weight excluding hydrogens is 372 g/mol. The summed E-state index contributed by atoms with van der Waals surface area (Å²) in [4.78, 5) is 12.1. The quantitative estimate of drug-likeness (QED) is 0.442. The molecule has 0 aliphatic rings. The van der Waals surface area contributed by atoms with Crippen molar-refractivity contribution >= 4 is 28.4 Å². The normalized spacial score (nSPS) is 11.8. The first-order valence-corrected chi connectivity index (χ1v) is 10.3. The van der Waals surface area contributed by atoms with Crippen LogP contribution in [0.5, 0.6) is 5.75 Å². The number of hydrogen-bond acceptors (Lipinski definition) is 4. The van der Waals surface area contributed by atoms with Gasteiger partial charge < -0.3 is 9.47 Å². The second kappa shape index (κ2) is 11.0. The lowest BCUT2D eigenvalue weighted by atomic mass is 10.1. The van der Waals surface area contributed by atoms with Gasteiger partial charge in [-0.15, -0.1) is 0 Å². The predicted molar refractivity (Wildman–Crippen MR) is 104 cm³/mol. The lowest BCUT2D eigenvalue weighted by Crippen LogP contribution is -2.14. The molecule has 26 heavy (non-hydrogen) atoms. The molecule has 2 aromatic rings. The summed E-state index contributed by atoms with van der Waals surface area (Å²) in [6, 6.07) is 14.8. The van der Waals surface area contributed by atoms with Gasteiger partial charge in [0.1, 0.15) is 5.75 Å². The lowest BCUT2D eigenvalue weighted by Gasteiger charge is -2.07. The van der Waals surface area contributed by atoms with E-state index in [1.165, 1.54) is 5.56 Å². The SMILES string of the molecule is CCOC(=O)COc1ccc(CCCCS(=O)c2ccc(Cl)cc2)cc1. The zero-order valence-electron chi connectivity index (χ0n) is 14.8. The molecule has 6 heteroatoms. The number of ether oxygens (including phenoxy) is 2. The molecule has 0 heterocycles. The molecule has 0 N–H and O–H groups in total. The number of aryl methyl sites for hydroxylation is 1. The van der Waals surface area contributed by atoms with Gasteiger partial charge in [-0.2, -0.15) is 0 Å². The fraction of sp³-hybridized carbons (Fsp3) is 0.350. The Morgan fingerprint density at radius 3 is 2.38 bits per heavy atom. The highest BCUT2D eigenvalue weighted by Crippen LogP contribution is 2.16. The lowest BCUT2D eigenvalue weighted by molar-refractivity contribution is -0.145. The largest absolute Gasteiger partial charge is 0.482 e.